The van der Waals surface area contributed by atoms with Crippen LogP contribution in [0.2, 0.25) is 5.02 Å². The lowest BCUT2D eigenvalue weighted by Crippen LogP contribution is -2.51. The number of hydrogen-bond acceptors (Lipinski definition) is 4. The van der Waals surface area contributed by atoms with Gasteiger partial charge in [0.2, 0.25) is 0 Å². The number of rotatable bonds is 9. The first kappa shape index (κ1) is 27.8. The fourth-order valence-electron chi connectivity index (χ4n) is 5.80. The lowest BCUT2D eigenvalue weighted by molar-refractivity contribution is -0.137. The molecule has 1 unspecified atom stereocenters. The average Bonchev–Trinajstić information content (AvgIpc) is 3.16. The molecule has 1 saturated carbocycles. The number of carboxylic acids is 1. The summed E-state index contributed by atoms with van der Waals surface area (Å²) in [5.74, 6) is -0.166. The maximum atomic E-state index is 14.1. The zero-order valence-electron chi connectivity index (χ0n) is 22.2. The van der Waals surface area contributed by atoms with Gasteiger partial charge in [0, 0.05) is 22.7 Å². The number of aliphatic imine (C=N–C) groups is 1. The van der Waals surface area contributed by atoms with Gasteiger partial charge < -0.3 is 15.3 Å². The fourth-order valence-corrected chi connectivity index (χ4v) is 5.99. The SMILES string of the molecule is CCC(c1ccc(C(=O)NCCC(=O)O)cc1)N1C(=O)C(c2cccc(Cl)c2)=NC12CCC(C(C)C)CC2. The number of carboxylic acid groups (broad SMARTS) is 1. The van der Waals surface area contributed by atoms with E-state index in [4.69, 9.17) is 21.7 Å². The Kier molecular flexibility index (Phi) is 8.56. The molecule has 2 aliphatic rings. The lowest BCUT2D eigenvalue weighted by atomic mass is 9.76. The zero-order valence-corrected chi connectivity index (χ0v) is 23.0. The van der Waals surface area contributed by atoms with Gasteiger partial charge in [0.15, 0.2) is 0 Å². The number of hydrogen-bond donors (Lipinski definition) is 2. The number of halogens is 1. The predicted octanol–water partition coefficient (Wildman–Crippen LogP) is 5.87. The molecule has 1 spiro atoms. The highest BCUT2D eigenvalue weighted by Gasteiger charge is 2.51. The highest BCUT2D eigenvalue weighted by Crippen LogP contribution is 2.47. The van der Waals surface area contributed by atoms with Crippen LogP contribution in [0, 0.1) is 11.8 Å². The second kappa shape index (κ2) is 11.7. The third-order valence-electron chi connectivity index (χ3n) is 7.94. The molecule has 2 aromatic rings. The van der Waals surface area contributed by atoms with Crippen LogP contribution >= 0.6 is 11.6 Å². The van der Waals surface area contributed by atoms with Crippen LogP contribution in [0.5, 0.6) is 0 Å². The van der Waals surface area contributed by atoms with Crippen molar-refractivity contribution >= 4 is 35.1 Å². The Labute approximate surface area is 229 Å². The number of aliphatic carboxylic acids is 1. The van der Waals surface area contributed by atoms with E-state index in [2.05, 4.69) is 26.1 Å². The average molecular weight is 538 g/mol. The van der Waals surface area contributed by atoms with Crippen LogP contribution in [-0.2, 0) is 9.59 Å². The van der Waals surface area contributed by atoms with Crippen molar-refractivity contribution in [1.82, 2.24) is 10.2 Å². The number of carbonyl (C=O) groups excluding carboxylic acids is 2. The summed E-state index contributed by atoms with van der Waals surface area (Å²) in [6.45, 7) is 6.65. The normalized spacial score (nSPS) is 22.0. The summed E-state index contributed by atoms with van der Waals surface area (Å²) in [6, 6.07) is 14.4. The number of carbonyl (C=O) groups is 3. The Balaban J connectivity index is 1.64. The number of nitrogens with zero attached hydrogens (tertiary/aromatic N) is 2. The van der Waals surface area contributed by atoms with E-state index in [0.717, 1.165) is 36.8 Å². The third kappa shape index (κ3) is 5.78. The summed E-state index contributed by atoms with van der Waals surface area (Å²) in [6.07, 6.45) is 4.22. The Morgan fingerprint density at radius 3 is 2.42 bits per heavy atom. The molecule has 0 bridgehead atoms. The molecule has 1 atom stereocenters. The minimum absolute atomic E-state index is 0.0687. The number of nitrogens with one attached hydrogen (secondary N) is 1. The molecule has 0 aromatic heterocycles. The Morgan fingerprint density at radius 2 is 1.84 bits per heavy atom. The molecule has 202 valence electrons. The minimum Gasteiger partial charge on any atom is -0.481 e. The highest BCUT2D eigenvalue weighted by molar-refractivity contribution is 6.47. The van der Waals surface area contributed by atoms with Crippen LogP contribution in [0.25, 0.3) is 0 Å². The number of benzene rings is 2. The smallest absolute Gasteiger partial charge is 0.305 e. The van der Waals surface area contributed by atoms with E-state index in [0.29, 0.717) is 34.6 Å². The van der Waals surface area contributed by atoms with E-state index in [9.17, 15) is 14.4 Å². The van der Waals surface area contributed by atoms with Crippen LogP contribution in [0.3, 0.4) is 0 Å². The van der Waals surface area contributed by atoms with E-state index in [1.165, 1.54) is 0 Å². The first-order chi connectivity index (χ1) is 18.1. The molecular weight excluding hydrogens is 502 g/mol. The van der Waals surface area contributed by atoms with Crippen molar-refractivity contribution in [1.29, 1.82) is 0 Å². The van der Waals surface area contributed by atoms with Crippen LogP contribution in [0.1, 0.15) is 86.8 Å². The summed E-state index contributed by atoms with van der Waals surface area (Å²) in [4.78, 5) is 44.4. The topological polar surface area (TPSA) is 99.1 Å². The van der Waals surface area contributed by atoms with Crippen molar-refractivity contribution in [3.63, 3.8) is 0 Å². The van der Waals surface area contributed by atoms with Gasteiger partial charge >= 0.3 is 5.97 Å². The maximum Gasteiger partial charge on any atom is 0.305 e. The first-order valence-electron chi connectivity index (χ1n) is 13.4. The quantitative estimate of drug-likeness (QED) is 0.418. The van der Waals surface area contributed by atoms with Crippen molar-refractivity contribution in [2.24, 2.45) is 16.8 Å². The van der Waals surface area contributed by atoms with Gasteiger partial charge in [-0.05, 0) is 73.8 Å². The molecular formula is C30H36ClN3O4. The second-order valence-electron chi connectivity index (χ2n) is 10.7. The van der Waals surface area contributed by atoms with Crippen LogP contribution < -0.4 is 5.32 Å². The Morgan fingerprint density at radius 1 is 1.16 bits per heavy atom. The molecule has 4 rings (SSSR count). The molecule has 38 heavy (non-hydrogen) atoms. The van der Waals surface area contributed by atoms with Gasteiger partial charge in [-0.15, -0.1) is 0 Å². The summed E-state index contributed by atoms with van der Waals surface area (Å²) in [5.41, 5.74) is 1.98. The van der Waals surface area contributed by atoms with Crippen LogP contribution in [-0.4, -0.2) is 45.7 Å². The zero-order chi connectivity index (χ0) is 27.4. The summed E-state index contributed by atoms with van der Waals surface area (Å²) in [7, 11) is 0. The van der Waals surface area contributed by atoms with E-state index in [1.54, 1.807) is 24.3 Å². The Bertz CT molecular complexity index is 1220. The second-order valence-corrected chi connectivity index (χ2v) is 11.1. The fraction of sp³-hybridized carbons (Fsp3) is 0.467. The molecule has 0 saturated heterocycles. The van der Waals surface area contributed by atoms with E-state index in [-0.39, 0.29) is 30.8 Å². The van der Waals surface area contributed by atoms with Gasteiger partial charge in [-0.3, -0.25) is 19.4 Å². The first-order valence-corrected chi connectivity index (χ1v) is 13.8. The third-order valence-corrected chi connectivity index (χ3v) is 8.18. The van der Waals surface area contributed by atoms with Gasteiger partial charge in [-0.25, -0.2) is 0 Å². The molecule has 0 radical (unpaired) electrons. The van der Waals surface area contributed by atoms with Crippen molar-refractivity contribution < 1.29 is 19.5 Å². The molecule has 2 aromatic carbocycles. The number of amides is 2. The van der Waals surface area contributed by atoms with Crippen LogP contribution in [0.15, 0.2) is 53.5 Å². The lowest BCUT2D eigenvalue weighted by Gasteiger charge is -2.46. The standard InChI is InChI=1S/C30H36ClN3O4/c1-4-25(21-8-10-22(11-9-21)28(37)32-17-14-26(35)36)34-29(38)27(23-6-5-7-24(31)18-23)33-30(34)15-12-20(13-16-30)19(2)3/h5-11,18-20,25H,4,12-17H2,1-3H3,(H,32,37)(H,35,36). The van der Waals surface area contributed by atoms with Gasteiger partial charge in [-0.1, -0.05) is 56.6 Å². The summed E-state index contributed by atoms with van der Waals surface area (Å²) < 4.78 is 0. The van der Waals surface area contributed by atoms with Crippen molar-refractivity contribution in [2.75, 3.05) is 6.54 Å². The van der Waals surface area contributed by atoms with Gasteiger partial charge in [0.25, 0.3) is 11.8 Å². The molecule has 7 nitrogen and oxygen atoms in total. The van der Waals surface area contributed by atoms with E-state index < -0.39 is 11.6 Å². The molecule has 1 aliphatic carbocycles. The molecule has 1 aliphatic heterocycles. The summed E-state index contributed by atoms with van der Waals surface area (Å²) >= 11 is 6.27. The van der Waals surface area contributed by atoms with E-state index >= 15 is 0 Å². The predicted molar refractivity (Wildman–Crippen MR) is 148 cm³/mol. The largest absolute Gasteiger partial charge is 0.481 e. The van der Waals surface area contributed by atoms with Crippen molar-refractivity contribution in [3.8, 4) is 0 Å². The Hall–Kier alpha value is -3.19. The monoisotopic (exact) mass is 537 g/mol. The van der Waals surface area contributed by atoms with Crippen LogP contribution in [0.4, 0.5) is 0 Å². The van der Waals surface area contributed by atoms with Crippen molar-refractivity contribution in [3.05, 3.63) is 70.2 Å². The highest BCUT2D eigenvalue weighted by atomic mass is 35.5. The van der Waals surface area contributed by atoms with E-state index in [1.807, 2.05) is 29.2 Å². The maximum absolute atomic E-state index is 14.1. The molecule has 1 fully saturated rings. The van der Waals surface area contributed by atoms with Gasteiger partial charge in [0.1, 0.15) is 11.4 Å². The molecule has 1 heterocycles. The van der Waals surface area contributed by atoms with Gasteiger partial charge in [0.05, 0.1) is 12.5 Å². The van der Waals surface area contributed by atoms with Gasteiger partial charge in [-0.2, -0.15) is 0 Å². The molecule has 8 heteroatoms. The molecule has 2 amide bonds. The minimum atomic E-state index is -0.961. The van der Waals surface area contributed by atoms with Crippen molar-refractivity contribution in [2.45, 2.75) is 71.0 Å². The summed E-state index contributed by atoms with van der Waals surface area (Å²) in [5, 5.41) is 12.0. The molecule has 2 N–H and O–H groups in total.